The van der Waals surface area contributed by atoms with Crippen LogP contribution in [0, 0.1) is 11.8 Å². The summed E-state index contributed by atoms with van der Waals surface area (Å²) in [5.41, 5.74) is 0. The molecule has 1 heterocycles. The summed E-state index contributed by atoms with van der Waals surface area (Å²) in [6.45, 7) is 2.39. The molecule has 2 N–H and O–H groups in total. The highest BCUT2D eigenvalue weighted by Gasteiger charge is 2.32. The van der Waals surface area contributed by atoms with Gasteiger partial charge in [-0.05, 0) is 44.1 Å². The molecule has 20 heavy (non-hydrogen) atoms. The van der Waals surface area contributed by atoms with Crippen molar-refractivity contribution in [1.82, 2.24) is 15.5 Å². The van der Waals surface area contributed by atoms with E-state index in [9.17, 15) is 9.59 Å². The van der Waals surface area contributed by atoms with Gasteiger partial charge in [-0.15, -0.1) is 0 Å². The lowest BCUT2D eigenvalue weighted by Gasteiger charge is -2.41. The quantitative estimate of drug-likeness (QED) is 0.823. The Morgan fingerprint density at radius 2 is 1.75 bits per heavy atom. The lowest BCUT2D eigenvalue weighted by molar-refractivity contribution is -0.121. The lowest BCUT2D eigenvalue weighted by atomic mass is 9.75. The van der Waals surface area contributed by atoms with Gasteiger partial charge < -0.3 is 5.32 Å². The Bertz CT molecular complexity index is 381. The number of amides is 3. The number of piperidine rings is 1. The van der Waals surface area contributed by atoms with Crippen LogP contribution >= 0.6 is 0 Å². The zero-order valence-electron chi connectivity index (χ0n) is 12.1. The molecule has 2 saturated carbocycles. The van der Waals surface area contributed by atoms with Gasteiger partial charge in [0.05, 0.1) is 6.54 Å². The molecule has 112 valence electrons. The molecule has 2 aliphatic carbocycles. The number of carbonyl (C=O) groups excluding carboxylic acids is 2. The van der Waals surface area contributed by atoms with E-state index in [1.807, 2.05) is 0 Å². The number of carbonyl (C=O) groups is 2. The third-order valence-corrected chi connectivity index (χ3v) is 4.91. The average Bonchev–Trinajstić information content (AvgIpc) is 3.22. The minimum atomic E-state index is -0.329. The maximum atomic E-state index is 11.9. The van der Waals surface area contributed by atoms with Gasteiger partial charge in [0, 0.05) is 12.6 Å². The zero-order chi connectivity index (χ0) is 13.9. The van der Waals surface area contributed by atoms with Crippen LogP contribution in [-0.4, -0.2) is 42.5 Å². The van der Waals surface area contributed by atoms with Crippen LogP contribution < -0.4 is 10.6 Å². The molecule has 0 unspecified atom stereocenters. The summed E-state index contributed by atoms with van der Waals surface area (Å²) in [7, 11) is 0. The van der Waals surface area contributed by atoms with Crippen molar-refractivity contribution in [2.75, 3.05) is 19.6 Å². The van der Waals surface area contributed by atoms with E-state index in [2.05, 4.69) is 15.5 Å². The van der Waals surface area contributed by atoms with Crippen molar-refractivity contribution in [3.05, 3.63) is 0 Å². The number of hydrogen-bond donors (Lipinski definition) is 2. The van der Waals surface area contributed by atoms with Crippen LogP contribution in [0.15, 0.2) is 0 Å². The second kappa shape index (κ2) is 6.12. The van der Waals surface area contributed by atoms with E-state index in [-0.39, 0.29) is 11.9 Å². The second-order valence-corrected chi connectivity index (χ2v) is 6.62. The van der Waals surface area contributed by atoms with Crippen molar-refractivity contribution in [2.45, 2.75) is 51.0 Å². The Balaban J connectivity index is 1.40. The molecule has 0 radical (unpaired) electrons. The van der Waals surface area contributed by atoms with Crippen LogP contribution in [0.5, 0.6) is 0 Å². The van der Waals surface area contributed by atoms with Crippen molar-refractivity contribution in [1.29, 1.82) is 0 Å². The summed E-state index contributed by atoms with van der Waals surface area (Å²) in [5, 5.41) is 5.22. The number of hydrogen-bond acceptors (Lipinski definition) is 3. The summed E-state index contributed by atoms with van der Waals surface area (Å²) in [6.07, 6.45) is 8.69. The van der Waals surface area contributed by atoms with E-state index in [0.29, 0.717) is 12.6 Å². The van der Waals surface area contributed by atoms with Crippen LogP contribution in [0.3, 0.4) is 0 Å². The maximum Gasteiger partial charge on any atom is 0.321 e. The van der Waals surface area contributed by atoms with Crippen LogP contribution in [0.1, 0.15) is 44.9 Å². The van der Waals surface area contributed by atoms with Gasteiger partial charge in [-0.1, -0.05) is 19.3 Å². The highest BCUT2D eigenvalue weighted by molar-refractivity contribution is 5.95. The smallest absolute Gasteiger partial charge is 0.321 e. The number of nitrogens with zero attached hydrogens (tertiary/aromatic N) is 1. The predicted octanol–water partition coefficient (Wildman–Crippen LogP) is 1.49. The summed E-state index contributed by atoms with van der Waals surface area (Å²) in [6, 6.07) is -0.0363. The van der Waals surface area contributed by atoms with Gasteiger partial charge in [-0.25, -0.2) is 4.79 Å². The van der Waals surface area contributed by atoms with Crippen molar-refractivity contribution in [2.24, 2.45) is 11.8 Å². The molecule has 3 aliphatic rings. The number of likely N-dealkylation sites (tertiary alicyclic amines) is 1. The van der Waals surface area contributed by atoms with Crippen molar-refractivity contribution >= 4 is 11.9 Å². The zero-order valence-corrected chi connectivity index (χ0v) is 12.1. The first-order chi connectivity index (χ1) is 9.70. The molecule has 0 spiro atoms. The predicted molar refractivity (Wildman–Crippen MR) is 76.2 cm³/mol. The SMILES string of the molecule is O=C(CN1CC[C@@H]2CCCC[C@H]2C1)NC(=O)NC1CC1. The molecule has 1 saturated heterocycles. The molecule has 0 aromatic carbocycles. The van der Waals surface area contributed by atoms with Gasteiger partial charge in [0.15, 0.2) is 0 Å². The number of imide groups is 1. The third kappa shape index (κ3) is 3.72. The highest BCUT2D eigenvalue weighted by Crippen LogP contribution is 2.35. The Morgan fingerprint density at radius 1 is 1.00 bits per heavy atom. The summed E-state index contributed by atoms with van der Waals surface area (Å²) >= 11 is 0. The Kier molecular flexibility index (Phi) is 4.24. The van der Waals surface area contributed by atoms with E-state index in [1.54, 1.807) is 0 Å². The standard InChI is InChI=1S/C15H25N3O2/c19-14(17-15(20)16-13-5-6-13)10-18-8-7-11-3-1-2-4-12(11)9-18/h11-13H,1-10H2,(H2,16,17,19,20)/t11-,12-/m0/s1. The third-order valence-electron chi connectivity index (χ3n) is 4.91. The Hall–Kier alpha value is -1.10. The van der Waals surface area contributed by atoms with E-state index in [0.717, 1.165) is 37.8 Å². The number of fused-ring (bicyclic) bond motifs is 1. The first-order valence-electron chi connectivity index (χ1n) is 8.03. The molecule has 0 aromatic heterocycles. The average molecular weight is 279 g/mol. The number of rotatable bonds is 3. The van der Waals surface area contributed by atoms with Gasteiger partial charge in [-0.2, -0.15) is 0 Å². The van der Waals surface area contributed by atoms with E-state index in [4.69, 9.17) is 0 Å². The normalized spacial score (nSPS) is 30.4. The fourth-order valence-corrected chi connectivity index (χ4v) is 3.64. The van der Waals surface area contributed by atoms with Gasteiger partial charge >= 0.3 is 6.03 Å². The Labute approximate surface area is 120 Å². The number of nitrogens with one attached hydrogen (secondary N) is 2. The molecule has 5 nitrogen and oxygen atoms in total. The van der Waals surface area contributed by atoms with Crippen LogP contribution in [0.2, 0.25) is 0 Å². The van der Waals surface area contributed by atoms with Crippen LogP contribution in [0.25, 0.3) is 0 Å². The van der Waals surface area contributed by atoms with Crippen molar-refractivity contribution < 1.29 is 9.59 Å². The fraction of sp³-hybridized carbons (Fsp3) is 0.867. The summed E-state index contributed by atoms with van der Waals surface area (Å²) in [4.78, 5) is 25.6. The summed E-state index contributed by atoms with van der Waals surface area (Å²) < 4.78 is 0. The largest absolute Gasteiger partial charge is 0.335 e. The first-order valence-corrected chi connectivity index (χ1v) is 8.03. The molecule has 3 rings (SSSR count). The summed E-state index contributed by atoms with van der Waals surface area (Å²) in [5.74, 6) is 1.48. The first kappa shape index (κ1) is 13.9. The van der Waals surface area contributed by atoms with Crippen LogP contribution in [-0.2, 0) is 4.79 Å². The highest BCUT2D eigenvalue weighted by atomic mass is 16.2. The van der Waals surface area contributed by atoms with E-state index < -0.39 is 0 Å². The molecule has 1 aliphatic heterocycles. The maximum absolute atomic E-state index is 11.9. The minimum absolute atomic E-state index is 0.169. The molecule has 0 bridgehead atoms. The molecule has 2 atom stereocenters. The van der Waals surface area contributed by atoms with E-state index in [1.165, 1.54) is 32.1 Å². The van der Waals surface area contributed by atoms with Gasteiger partial charge in [-0.3, -0.25) is 15.0 Å². The molecular weight excluding hydrogens is 254 g/mol. The van der Waals surface area contributed by atoms with Gasteiger partial charge in [0.25, 0.3) is 0 Å². The molecule has 3 fully saturated rings. The second-order valence-electron chi connectivity index (χ2n) is 6.62. The minimum Gasteiger partial charge on any atom is -0.335 e. The molecular formula is C15H25N3O2. The fourth-order valence-electron chi connectivity index (χ4n) is 3.64. The van der Waals surface area contributed by atoms with E-state index >= 15 is 0 Å². The monoisotopic (exact) mass is 279 g/mol. The molecule has 3 amide bonds. The van der Waals surface area contributed by atoms with Crippen molar-refractivity contribution in [3.63, 3.8) is 0 Å². The van der Waals surface area contributed by atoms with Gasteiger partial charge in [0.2, 0.25) is 5.91 Å². The lowest BCUT2D eigenvalue weighted by Crippen LogP contribution is -2.49. The molecule has 5 heteroatoms. The topological polar surface area (TPSA) is 61.4 Å². The van der Waals surface area contributed by atoms with Crippen molar-refractivity contribution in [3.8, 4) is 0 Å². The Morgan fingerprint density at radius 3 is 2.50 bits per heavy atom. The number of urea groups is 1. The molecule has 0 aromatic rings. The van der Waals surface area contributed by atoms with Crippen LogP contribution in [0.4, 0.5) is 4.79 Å². The van der Waals surface area contributed by atoms with Gasteiger partial charge in [0.1, 0.15) is 0 Å².